The van der Waals surface area contributed by atoms with Gasteiger partial charge in [-0.05, 0) is 6.92 Å². The van der Waals surface area contributed by atoms with Crippen molar-refractivity contribution in [3.63, 3.8) is 0 Å². The summed E-state index contributed by atoms with van der Waals surface area (Å²) in [4.78, 5) is 23.0. The molecule has 26 heavy (non-hydrogen) atoms. The van der Waals surface area contributed by atoms with Crippen LogP contribution >= 0.6 is 11.6 Å². The maximum Gasteiger partial charge on any atom is 0.261 e. The number of rotatable bonds is 4. The summed E-state index contributed by atoms with van der Waals surface area (Å²) in [6.07, 6.45) is 1.70. The van der Waals surface area contributed by atoms with Crippen LogP contribution in [0.4, 0.5) is 0 Å². The van der Waals surface area contributed by atoms with Gasteiger partial charge in [0.05, 0.1) is 35.3 Å². The summed E-state index contributed by atoms with van der Waals surface area (Å²) < 4.78 is 12.5. The first-order chi connectivity index (χ1) is 12.5. The van der Waals surface area contributed by atoms with Crippen molar-refractivity contribution in [1.82, 2.24) is 24.7 Å². The molecule has 0 aliphatic heterocycles. The van der Waals surface area contributed by atoms with Crippen LogP contribution in [0.1, 0.15) is 6.92 Å². The number of nitrogens with one attached hydrogen (secondary N) is 2. The molecule has 9 heteroatoms. The Bertz CT molecular complexity index is 1190. The lowest BCUT2D eigenvalue weighted by Crippen LogP contribution is -2.10. The zero-order valence-corrected chi connectivity index (χ0v) is 15.1. The molecule has 0 bridgehead atoms. The van der Waals surface area contributed by atoms with Crippen molar-refractivity contribution in [3.8, 4) is 22.9 Å². The summed E-state index contributed by atoms with van der Waals surface area (Å²) in [6.45, 7) is 2.40. The Balaban J connectivity index is 1.94. The van der Waals surface area contributed by atoms with E-state index in [1.54, 1.807) is 37.2 Å². The molecule has 0 aliphatic rings. The standard InChI is InChI=1S/C17H16ClN5O3/c1-4-26-12-6-9-8(5-11(12)25-3)19-16(20-9)13-14(18)15-10(21-17(13)24)7-23(2)22-15/h5-7H,4H2,1-3H3,(H,19,20)(H,21,24). The van der Waals surface area contributed by atoms with Gasteiger partial charge in [0.2, 0.25) is 0 Å². The molecule has 0 fully saturated rings. The van der Waals surface area contributed by atoms with Crippen molar-refractivity contribution < 1.29 is 9.47 Å². The minimum absolute atomic E-state index is 0.242. The van der Waals surface area contributed by atoms with Gasteiger partial charge in [-0.1, -0.05) is 11.6 Å². The number of nitrogens with zero attached hydrogens (tertiary/aromatic N) is 3. The summed E-state index contributed by atoms with van der Waals surface area (Å²) >= 11 is 6.46. The van der Waals surface area contributed by atoms with E-state index in [1.165, 1.54) is 0 Å². The summed E-state index contributed by atoms with van der Waals surface area (Å²) in [5.74, 6) is 1.52. The number of aryl methyl sites for hydroxylation is 1. The summed E-state index contributed by atoms with van der Waals surface area (Å²) in [7, 11) is 3.32. The molecule has 0 atom stereocenters. The molecule has 0 aliphatic carbocycles. The van der Waals surface area contributed by atoms with Crippen molar-refractivity contribution in [2.45, 2.75) is 6.92 Å². The smallest absolute Gasteiger partial charge is 0.261 e. The number of imidazole rings is 1. The highest BCUT2D eigenvalue weighted by Gasteiger charge is 2.19. The molecule has 3 heterocycles. The Morgan fingerprint density at radius 2 is 2.04 bits per heavy atom. The van der Waals surface area contributed by atoms with Crippen molar-refractivity contribution in [2.75, 3.05) is 13.7 Å². The predicted octanol–water partition coefficient (Wildman–Crippen LogP) is 2.87. The number of aromatic nitrogens is 5. The molecule has 0 unspecified atom stereocenters. The molecule has 0 spiro atoms. The second kappa shape index (κ2) is 6.06. The number of fused-ring (bicyclic) bond motifs is 2. The number of methoxy groups -OCH3 is 1. The van der Waals surface area contributed by atoms with Gasteiger partial charge in [0, 0.05) is 25.4 Å². The fourth-order valence-corrected chi connectivity index (χ4v) is 3.24. The molecule has 3 aromatic heterocycles. The maximum atomic E-state index is 12.5. The van der Waals surface area contributed by atoms with E-state index in [-0.39, 0.29) is 16.1 Å². The SMILES string of the molecule is CCOc1cc2[nH]c(-c3c(Cl)c4nn(C)cc4[nH]c3=O)nc2cc1OC. The zero-order valence-electron chi connectivity index (χ0n) is 14.4. The average Bonchev–Trinajstić information content (AvgIpc) is 3.16. The van der Waals surface area contributed by atoms with Gasteiger partial charge < -0.3 is 19.4 Å². The van der Waals surface area contributed by atoms with Crippen molar-refractivity contribution in [3.05, 3.63) is 33.7 Å². The van der Waals surface area contributed by atoms with Crippen LogP contribution in [0, 0.1) is 0 Å². The molecule has 4 aromatic rings. The Kier molecular flexibility index (Phi) is 3.84. The van der Waals surface area contributed by atoms with E-state index < -0.39 is 0 Å². The second-order valence-corrected chi connectivity index (χ2v) is 6.12. The Morgan fingerprint density at radius 1 is 1.23 bits per heavy atom. The zero-order chi connectivity index (χ0) is 18.4. The number of halogens is 1. The van der Waals surface area contributed by atoms with Crippen LogP contribution in [0.3, 0.4) is 0 Å². The van der Waals surface area contributed by atoms with Crippen LogP contribution in [0.25, 0.3) is 33.5 Å². The number of aromatic amines is 2. The predicted molar refractivity (Wildman–Crippen MR) is 99.2 cm³/mol. The Hall–Kier alpha value is -3.00. The summed E-state index contributed by atoms with van der Waals surface area (Å²) in [6, 6.07) is 3.54. The van der Waals surface area contributed by atoms with Crippen LogP contribution in [-0.2, 0) is 7.05 Å². The van der Waals surface area contributed by atoms with Crippen LogP contribution in [0.5, 0.6) is 11.5 Å². The first kappa shape index (κ1) is 16.5. The molecule has 4 rings (SSSR count). The van der Waals surface area contributed by atoms with Crippen LogP contribution in [0.15, 0.2) is 23.1 Å². The van der Waals surface area contributed by atoms with Gasteiger partial charge >= 0.3 is 0 Å². The quantitative estimate of drug-likeness (QED) is 0.573. The highest BCUT2D eigenvalue weighted by Crippen LogP contribution is 2.34. The van der Waals surface area contributed by atoms with E-state index >= 15 is 0 Å². The van der Waals surface area contributed by atoms with Gasteiger partial charge in [0.25, 0.3) is 5.56 Å². The molecule has 0 saturated heterocycles. The van der Waals surface area contributed by atoms with Crippen LogP contribution < -0.4 is 15.0 Å². The number of hydrogen-bond donors (Lipinski definition) is 2. The molecule has 0 amide bonds. The number of ether oxygens (including phenoxy) is 2. The first-order valence-electron chi connectivity index (χ1n) is 7.97. The molecule has 1 aromatic carbocycles. The lowest BCUT2D eigenvalue weighted by Gasteiger charge is -2.08. The molecule has 0 radical (unpaired) electrons. The van der Waals surface area contributed by atoms with Crippen molar-refractivity contribution in [2.24, 2.45) is 7.05 Å². The molecule has 134 valence electrons. The van der Waals surface area contributed by atoms with Gasteiger partial charge in [-0.2, -0.15) is 5.10 Å². The third-order valence-corrected chi connectivity index (χ3v) is 4.40. The number of benzene rings is 1. The van der Waals surface area contributed by atoms with Gasteiger partial charge in [0.1, 0.15) is 16.9 Å². The Morgan fingerprint density at radius 3 is 2.77 bits per heavy atom. The fraction of sp³-hybridized carbons (Fsp3) is 0.235. The number of H-pyrrole nitrogens is 2. The average molecular weight is 374 g/mol. The highest BCUT2D eigenvalue weighted by molar-refractivity contribution is 6.37. The van der Waals surface area contributed by atoms with Gasteiger partial charge in [-0.15, -0.1) is 0 Å². The second-order valence-electron chi connectivity index (χ2n) is 5.75. The first-order valence-corrected chi connectivity index (χ1v) is 8.35. The highest BCUT2D eigenvalue weighted by atomic mass is 35.5. The van der Waals surface area contributed by atoms with Gasteiger partial charge in [0.15, 0.2) is 11.5 Å². The summed E-state index contributed by atoms with van der Waals surface area (Å²) in [5, 5.41) is 4.54. The van der Waals surface area contributed by atoms with E-state index in [4.69, 9.17) is 21.1 Å². The minimum Gasteiger partial charge on any atom is -0.493 e. The lowest BCUT2D eigenvalue weighted by atomic mass is 10.2. The maximum absolute atomic E-state index is 12.5. The van der Waals surface area contributed by atoms with Crippen LogP contribution in [-0.4, -0.2) is 38.4 Å². The normalized spacial score (nSPS) is 11.4. The number of pyridine rings is 1. The fourth-order valence-electron chi connectivity index (χ4n) is 2.92. The van der Waals surface area contributed by atoms with E-state index in [0.717, 1.165) is 0 Å². The molecular weight excluding hydrogens is 358 g/mol. The molecule has 8 nitrogen and oxygen atoms in total. The van der Waals surface area contributed by atoms with E-state index in [9.17, 15) is 4.79 Å². The van der Waals surface area contributed by atoms with E-state index in [1.807, 2.05) is 6.92 Å². The minimum atomic E-state index is -0.341. The molecular formula is C17H16ClN5O3. The largest absolute Gasteiger partial charge is 0.493 e. The summed E-state index contributed by atoms with van der Waals surface area (Å²) in [5.41, 5.74) is 2.33. The third kappa shape index (κ3) is 2.50. The van der Waals surface area contributed by atoms with Crippen LogP contribution in [0.2, 0.25) is 5.02 Å². The van der Waals surface area contributed by atoms with Crippen molar-refractivity contribution in [1.29, 1.82) is 0 Å². The Labute approximate surface area is 152 Å². The van der Waals surface area contributed by atoms with E-state index in [0.29, 0.717) is 46.0 Å². The van der Waals surface area contributed by atoms with Gasteiger partial charge in [-0.25, -0.2) is 4.98 Å². The van der Waals surface area contributed by atoms with Gasteiger partial charge in [-0.3, -0.25) is 9.48 Å². The van der Waals surface area contributed by atoms with E-state index in [2.05, 4.69) is 20.1 Å². The third-order valence-electron chi connectivity index (χ3n) is 4.04. The number of hydrogen-bond acceptors (Lipinski definition) is 5. The van der Waals surface area contributed by atoms with Crippen molar-refractivity contribution >= 4 is 33.7 Å². The lowest BCUT2D eigenvalue weighted by molar-refractivity contribution is 0.311. The topological polar surface area (TPSA) is 97.8 Å². The molecule has 2 N–H and O–H groups in total. The molecule has 0 saturated carbocycles. The monoisotopic (exact) mass is 373 g/mol.